The molecule has 0 saturated heterocycles. The highest BCUT2D eigenvalue weighted by Crippen LogP contribution is 2.32. The third kappa shape index (κ3) is 5.21. The van der Waals surface area contributed by atoms with Gasteiger partial charge in [-0.2, -0.15) is 0 Å². The minimum Gasteiger partial charge on any atom is -0.465 e. The zero-order valence-corrected chi connectivity index (χ0v) is 12.3. The Kier molecular flexibility index (Phi) is 6.89. The first-order chi connectivity index (χ1) is 9.06. The molecule has 0 radical (unpaired) electrons. The molecule has 0 aromatic heterocycles. The largest absolute Gasteiger partial charge is 0.465 e. The van der Waals surface area contributed by atoms with Gasteiger partial charge in [0, 0.05) is 0 Å². The van der Waals surface area contributed by atoms with E-state index in [2.05, 4.69) is 0 Å². The Hall–Kier alpha value is -1.06. The second kappa shape index (κ2) is 8.18. The number of rotatable bonds is 6. The van der Waals surface area contributed by atoms with Crippen molar-refractivity contribution >= 4 is 11.9 Å². The lowest BCUT2D eigenvalue weighted by molar-refractivity contribution is -0.163. The Morgan fingerprint density at radius 1 is 1.05 bits per heavy atom. The highest BCUT2D eigenvalue weighted by molar-refractivity contribution is 5.82. The van der Waals surface area contributed by atoms with E-state index in [0.717, 1.165) is 32.1 Å². The van der Waals surface area contributed by atoms with Crippen molar-refractivity contribution in [2.45, 2.75) is 52.9 Å². The number of hydrogen-bond donors (Lipinski definition) is 0. The van der Waals surface area contributed by atoms with Gasteiger partial charge in [0.25, 0.3) is 0 Å². The molecule has 4 nitrogen and oxygen atoms in total. The number of hydrogen-bond acceptors (Lipinski definition) is 4. The van der Waals surface area contributed by atoms with Crippen molar-refractivity contribution in [1.82, 2.24) is 0 Å². The number of ether oxygens (including phenoxy) is 2. The third-order valence-corrected chi connectivity index (χ3v) is 3.38. The SMILES string of the molecule is CCCOC(=O)C1CCCCC1C(=O)OCC(C)C. The molecule has 0 spiro atoms. The van der Waals surface area contributed by atoms with Crippen molar-refractivity contribution in [3.63, 3.8) is 0 Å². The van der Waals surface area contributed by atoms with Gasteiger partial charge in [-0.25, -0.2) is 0 Å². The summed E-state index contributed by atoms with van der Waals surface area (Å²) in [5.41, 5.74) is 0. The van der Waals surface area contributed by atoms with Crippen molar-refractivity contribution < 1.29 is 19.1 Å². The molecule has 1 aliphatic rings. The third-order valence-electron chi connectivity index (χ3n) is 3.38. The van der Waals surface area contributed by atoms with Crippen LogP contribution in [0.5, 0.6) is 0 Å². The summed E-state index contributed by atoms with van der Waals surface area (Å²) in [7, 11) is 0. The van der Waals surface area contributed by atoms with E-state index in [1.807, 2.05) is 20.8 Å². The number of carbonyl (C=O) groups excluding carboxylic acids is 2. The van der Waals surface area contributed by atoms with Gasteiger partial charge in [0.05, 0.1) is 25.0 Å². The lowest BCUT2D eigenvalue weighted by Crippen LogP contribution is -2.35. The fourth-order valence-electron chi connectivity index (χ4n) is 2.36. The lowest BCUT2D eigenvalue weighted by Gasteiger charge is -2.28. The molecule has 110 valence electrons. The molecule has 19 heavy (non-hydrogen) atoms. The molecule has 0 amide bonds. The molecule has 1 rings (SSSR count). The summed E-state index contributed by atoms with van der Waals surface area (Å²) in [5, 5.41) is 0. The van der Waals surface area contributed by atoms with Crippen molar-refractivity contribution in [2.24, 2.45) is 17.8 Å². The Balaban J connectivity index is 2.56. The number of esters is 2. The lowest BCUT2D eigenvalue weighted by atomic mass is 9.79. The van der Waals surface area contributed by atoms with Gasteiger partial charge in [-0.3, -0.25) is 9.59 Å². The fraction of sp³-hybridized carbons (Fsp3) is 0.867. The van der Waals surface area contributed by atoms with E-state index >= 15 is 0 Å². The molecular formula is C15H26O4. The Labute approximate surface area is 115 Å². The van der Waals surface area contributed by atoms with Crippen LogP contribution in [0.1, 0.15) is 52.9 Å². The Bertz CT molecular complexity index is 299. The van der Waals surface area contributed by atoms with Crippen LogP contribution in [-0.2, 0) is 19.1 Å². The minimum atomic E-state index is -0.308. The van der Waals surface area contributed by atoms with Crippen LogP contribution in [0.3, 0.4) is 0 Å². The van der Waals surface area contributed by atoms with Gasteiger partial charge in [0.2, 0.25) is 0 Å². The summed E-state index contributed by atoms with van der Waals surface area (Å²) in [6.07, 6.45) is 4.26. The summed E-state index contributed by atoms with van der Waals surface area (Å²) in [5.74, 6) is -0.755. The van der Waals surface area contributed by atoms with Gasteiger partial charge in [-0.1, -0.05) is 33.6 Å². The predicted molar refractivity (Wildman–Crippen MR) is 72.5 cm³/mol. The molecule has 0 aromatic carbocycles. The first kappa shape index (κ1) is 16.0. The Morgan fingerprint density at radius 2 is 1.58 bits per heavy atom. The molecule has 0 N–H and O–H groups in total. The summed E-state index contributed by atoms with van der Waals surface area (Å²) >= 11 is 0. The zero-order valence-electron chi connectivity index (χ0n) is 12.3. The van der Waals surface area contributed by atoms with Gasteiger partial charge in [0.1, 0.15) is 0 Å². The average Bonchev–Trinajstić information content (AvgIpc) is 2.42. The standard InChI is InChI=1S/C15H26O4/c1-4-9-18-14(16)12-7-5-6-8-13(12)15(17)19-10-11(2)3/h11-13H,4-10H2,1-3H3. The molecule has 0 bridgehead atoms. The van der Waals surface area contributed by atoms with Gasteiger partial charge in [-0.15, -0.1) is 0 Å². The summed E-state index contributed by atoms with van der Waals surface area (Å²) < 4.78 is 10.5. The molecule has 0 aromatic rings. The molecule has 2 unspecified atom stereocenters. The predicted octanol–water partition coefficient (Wildman–Crippen LogP) is 2.95. The molecule has 0 heterocycles. The van der Waals surface area contributed by atoms with E-state index in [0.29, 0.717) is 19.1 Å². The minimum absolute atomic E-state index is 0.229. The van der Waals surface area contributed by atoms with Crippen LogP contribution in [-0.4, -0.2) is 25.2 Å². The molecule has 0 aliphatic heterocycles. The van der Waals surface area contributed by atoms with Crippen LogP contribution in [0.15, 0.2) is 0 Å². The molecule has 1 aliphatic carbocycles. The highest BCUT2D eigenvalue weighted by atomic mass is 16.5. The first-order valence-corrected chi connectivity index (χ1v) is 7.39. The molecule has 4 heteroatoms. The quantitative estimate of drug-likeness (QED) is 0.696. The van der Waals surface area contributed by atoms with Gasteiger partial charge in [-0.05, 0) is 25.2 Å². The smallest absolute Gasteiger partial charge is 0.309 e. The summed E-state index contributed by atoms with van der Waals surface area (Å²) in [4.78, 5) is 24.0. The van der Waals surface area contributed by atoms with Crippen molar-refractivity contribution in [1.29, 1.82) is 0 Å². The van der Waals surface area contributed by atoms with Crippen LogP contribution in [0.4, 0.5) is 0 Å². The maximum Gasteiger partial charge on any atom is 0.309 e. The Morgan fingerprint density at radius 3 is 2.05 bits per heavy atom. The highest BCUT2D eigenvalue weighted by Gasteiger charge is 2.37. The van der Waals surface area contributed by atoms with Crippen molar-refractivity contribution in [3.05, 3.63) is 0 Å². The van der Waals surface area contributed by atoms with Crippen molar-refractivity contribution in [3.8, 4) is 0 Å². The van der Waals surface area contributed by atoms with E-state index in [1.54, 1.807) is 0 Å². The van der Waals surface area contributed by atoms with Crippen LogP contribution in [0, 0.1) is 17.8 Å². The summed E-state index contributed by atoms with van der Waals surface area (Å²) in [6.45, 7) is 6.82. The molecule has 2 atom stereocenters. The van der Waals surface area contributed by atoms with Crippen LogP contribution < -0.4 is 0 Å². The molecular weight excluding hydrogens is 244 g/mol. The van der Waals surface area contributed by atoms with Crippen molar-refractivity contribution in [2.75, 3.05) is 13.2 Å². The van der Waals surface area contributed by atoms with Gasteiger partial charge in [0.15, 0.2) is 0 Å². The molecule has 1 saturated carbocycles. The van der Waals surface area contributed by atoms with Gasteiger partial charge >= 0.3 is 11.9 Å². The topological polar surface area (TPSA) is 52.6 Å². The van der Waals surface area contributed by atoms with E-state index in [9.17, 15) is 9.59 Å². The van der Waals surface area contributed by atoms with Crippen LogP contribution in [0.2, 0.25) is 0 Å². The van der Waals surface area contributed by atoms with Crippen LogP contribution >= 0.6 is 0 Å². The fourth-order valence-corrected chi connectivity index (χ4v) is 2.36. The normalized spacial score (nSPS) is 23.2. The van der Waals surface area contributed by atoms with E-state index < -0.39 is 0 Å². The maximum atomic E-state index is 12.1. The van der Waals surface area contributed by atoms with Gasteiger partial charge < -0.3 is 9.47 Å². The monoisotopic (exact) mass is 270 g/mol. The second-order valence-electron chi connectivity index (χ2n) is 5.69. The van der Waals surface area contributed by atoms with E-state index in [4.69, 9.17) is 9.47 Å². The second-order valence-corrected chi connectivity index (χ2v) is 5.69. The number of carbonyl (C=O) groups is 2. The zero-order chi connectivity index (χ0) is 14.3. The van der Waals surface area contributed by atoms with E-state index in [1.165, 1.54) is 0 Å². The average molecular weight is 270 g/mol. The van der Waals surface area contributed by atoms with E-state index in [-0.39, 0.29) is 23.8 Å². The maximum absolute atomic E-state index is 12.1. The molecule has 1 fully saturated rings. The first-order valence-electron chi connectivity index (χ1n) is 7.39. The van der Waals surface area contributed by atoms with Crippen LogP contribution in [0.25, 0.3) is 0 Å². The summed E-state index contributed by atoms with van der Waals surface area (Å²) in [6, 6.07) is 0.